The third-order valence-corrected chi connectivity index (χ3v) is 4.82. The Labute approximate surface area is 140 Å². The summed E-state index contributed by atoms with van der Waals surface area (Å²) in [6.07, 6.45) is 4.00. The number of hydrogen-bond donors (Lipinski definition) is 1. The standard InChI is InChI=1S/C15H14F2N2OS.BrH/c16-10-6-5-9(7-11(10)17)13(20)8-19-12-3-1-2-4-14(12)21-15(19)18;/h5-7,18H,1-4,8H2;1H. The number of nitrogens with zero attached hydrogens (tertiary/aromatic N) is 1. The molecule has 3 rings (SSSR count). The van der Waals surface area contributed by atoms with Crippen LogP contribution in [0.2, 0.25) is 0 Å². The molecule has 0 unspecified atom stereocenters. The highest BCUT2D eigenvalue weighted by Crippen LogP contribution is 2.23. The summed E-state index contributed by atoms with van der Waals surface area (Å²) in [5.41, 5.74) is 1.18. The van der Waals surface area contributed by atoms with Gasteiger partial charge >= 0.3 is 0 Å². The van der Waals surface area contributed by atoms with Crippen LogP contribution in [0, 0.1) is 17.0 Å². The molecule has 0 aliphatic heterocycles. The number of thiazole rings is 1. The van der Waals surface area contributed by atoms with E-state index in [-0.39, 0.29) is 34.9 Å². The van der Waals surface area contributed by atoms with Crippen LogP contribution in [0.25, 0.3) is 0 Å². The van der Waals surface area contributed by atoms with E-state index in [0.717, 1.165) is 43.5 Å². The lowest BCUT2D eigenvalue weighted by Gasteiger charge is -2.14. The maximum Gasteiger partial charge on any atom is 0.182 e. The number of carbonyl (C=O) groups is 1. The second-order valence-electron chi connectivity index (χ2n) is 5.12. The van der Waals surface area contributed by atoms with Crippen molar-refractivity contribution in [2.24, 2.45) is 0 Å². The normalized spacial score (nSPS) is 13.4. The van der Waals surface area contributed by atoms with Crippen LogP contribution in [0.4, 0.5) is 8.78 Å². The first kappa shape index (κ1) is 17.0. The SMILES string of the molecule is Br.N=c1sc2c(n1CC(=O)c1ccc(F)c(F)c1)CCCC2. The fourth-order valence-corrected chi connectivity index (χ4v) is 3.72. The summed E-state index contributed by atoms with van der Waals surface area (Å²) in [6.45, 7) is 0.00966. The maximum absolute atomic E-state index is 13.2. The van der Waals surface area contributed by atoms with Crippen LogP contribution in [0.5, 0.6) is 0 Å². The molecule has 0 spiro atoms. The van der Waals surface area contributed by atoms with Gasteiger partial charge in [-0.05, 0) is 43.9 Å². The Morgan fingerprint density at radius 3 is 2.68 bits per heavy atom. The number of aryl methyl sites for hydroxylation is 1. The predicted molar refractivity (Wildman–Crippen MR) is 85.8 cm³/mol. The van der Waals surface area contributed by atoms with E-state index >= 15 is 0 Å². The van der Waals surface area contributed by atoms with Gasteiger partial charge in [-0.3, -0.25) is 10.2 Å². The van der Waals surface area contributed by atoms with Crippen molar-refractivity contribution in [2.45, 2.75) is 32.2 Å². The maximum atomic E-state index is 13.2. The van der Waals surface area contributed by atoms with E-state index < -0.39 is 11.6 Å². The largest absolute Gasteiger partial charge is 0.313 e. The van der Waals surface area contributed by atoms with Crippen molar-refractivity contribution in [3.05, 3.63) is 50.8 Å². The van der Waals surface area contributed by atoms with Gasteiger partial charge in [-0.1, -0.05) is 0 Å². The van der Waals surface area contributed by atoms with Crippen molar-refractivity contribution < 1.29 is 13.6 Å². The third kappa shape index (κ3) is 3.20. The zero-order chi connectivity index (χ0) is 15.0. The molecule has 0 bridgehead atoms. The summed E-state index contributed by atoms with van der Waals surface area (Å²) in [6, 6.07) is 3.16. The molecule has 1 aliphatic carbocycles. The fourth-order valence-electron chi connectivity index (χ4n) is 2.62. The van der Waals surface area contributed by atoms with Crippen LogP contribution >= 0.6 is 28.3 Å². The Morgan fingerprint density at radius 2 is 1.95 bits per heavy atom. The molecule has 1 N–H and O–H groups in total. The van der Waals surface area contributed by atoms with E-state index in [4.69, 9.17) is 5.41 Å². The van der Waals surface area contributed by atoms with Gasteiger partial charge < -0.3 is 4.57 Å². The molecule has 1 aromatic heterocycles. The van der Waals surface area contributed by atoms with Crippen molar-refractivity contribution in [3.8, 4) is 0 Å². The number of rotatable bonds is 3. The highest BCUT2D eigenvalue weighted by molar-refractivity contribution is 8.93. The molecular formula is C15H15BrF2N2OS. The summed E-state index contributed by atoms with van der Waals surface area (Å²) in [5, 5.41) is 7.99. The number of fused-ring (bicyclic) bond motifs is 1. The number of nitrogens with one attached hydrogen (secondary N) is 1. The van der Waals surface area contributed by atoms with Gasteiger partial charge in [0.05, 0.1) is 6.54 Å². The van der Waals surface area contributed by atoms with Gasteiger partial charge in [-0.2, -0.15) is 0 Å². The van der Waals surface area contributed by atoms with E-state index in [1.807, 2.05) is 0 Å². The van der Waals surface area contributed by atoms with Crippen LogP contribution < -0.4 is 4.80 Å². The number of Topliss-reactive ketones (excluding diaryl/α,β-unsaturated/α-hetero) is 1. The second-order valence-corrected chi connectivity index (χ2v) is 6.21. The second kappa shape index (κ2) is 6.83. The minimum atomic E-state index is -1.02. The molecule has 22 heavy (non-hydrogen) atoms. The number of aromatic nitrogens is 1. The molecule has 3 nitrogen and oxygen atoms in total. The molecule has 1 aromatic carbocycles. The summed E-state index contributed by atoms with van der Waals surface area (Å²) >= 11 is 1.40. The molecule has 0 radical (unpaired) electrons. The molecule has 2 aromatic rings. The fraction of sp³-hybridized carbons (Fsp3) is 0.333. The highest BCUT2D eigenvalue weighted by atomic mass is 79.9. The summed E-state index contributed by atoms with van der Waals surface area (Å²) in [5.74, 6) is -2.30. The zero-order valence-corrected chi connectivity index (χ0v) is 14.2. The van der Waals surface area contributed by atoms with Crippen molar-refractivity contribution in [1.82, 2.24) is 4.57 Å². The molecule has 1 heterocycles. The first-order valence-electron chi connectivity index (χ1n) is 6.80. The molecule has 0 saturated heterocycles. The minimum absolute atomic E-state index is 0. The molecular weight excluding hydrogens is 374 g/mol. The Kier molecular flexibility index (Phi) is 5.28. The van der Waals surface area contributed by atoms with Crippen LogP contribution in [-0.4, -0.2) is 10.4 Å². The van der Waals surface area contributed by atoms with Crippen LogP contribution in [0.3, 0.4) is 0 Å². The van der Waals surface area contributed by atoms with E-state index in [2.05, 4.69) is 0 Å². The Hall–Kier alpha value is -1.34. The summed E-state index contributed by atoms with van der Waals surface area (Å²) in [7, 11) is 0. The lowest BCUT2D eigenvalue weighted by molar-refractivity contribution is 0.0969. The van der Waals surface area contributed by atoms with Gasteiger partial charge in [0, 0.05) is 16.1 Å². The summed E-state index contributed by atoms with van der Waals surface area (Å²) < 4.78 is 27.8. The Balaban J connectivity index is 0.00000176. The molecule has 7 heteroatoms. The quantitative estimate of drug-likeness (QED) is 0.801. The van der Waals surface area contributed by atoms with E-state index in [0.29, 0.717) is 4.80 Å². The monoisotopic (exact) mass is 388 g/mol. The molecule has 0 saturated carbocycles. The van der Waals surface area contributed by atoms with Crippen molar-refractivity contribution >= 4 is 34.1 Å². The van der Waals surface area contributed by atoms with Crippen LogP contribution in [0.15, 0.2) is 18.2 Å². The first-order chi connectivity index (χ1) is 10.1. The van der Waals surface area contributed by atoms with Crippen molar-refractivity contribution in [3.63, 3.8) is 0 Å². The number of halogens is 3. The van der Waals surface area contributed by atoms with Crippen molar-refractivity contribution in [2.75, 3.05) is 0 Å². The van der Waals surface area contributed by atoms with Gasteiger partial charge in [0.25, 0.3) is 0 Å². The minimum Gasteiger partial charge on any atom is -0.313 e. The lowest BCUT2D eigenvalue weighted by atomic mass is 10.0. The summed E-state index contributed by atoms with van der Waals surface area (Å²) in [4.78, 5) is 13.7. The van der Waals surface area contributed by atoms with E-state index in [1.165, 1.54) is 22.3 Å². The molecule has 0 atom stereocenters. The lowest BCUT2D eigenvalue weighted by Crippen LogP contribution is -2.22. The Bertz CT molecular complexity index is 769. The van der Waals surface area contributed by atoms with Gasteiger partial charge in [0.1, 0.15) is 0 Å². The van der Waals surface area contributed by atoms with Crippen LogP contribution in [0.1, 0.15) is 33.8 Å². The van der Waals surface area contributed by atoms with Gasteiger partial charge in [0.15, 0.2) is 22.2 Å². The molecule has 1 aliphatic rings. The van der Waals surface area contributed by atoms with Gasteiger partial charge in [0.2, 0.25) is 0 Å². The average molecular weight is 389 g/mol. The third-order valence-electron chi connectivity index (χ3n) is 3.72. The molecule has 0 amide bonds. The predicted octanol–water partition coefficient (Wildman–Crippen LogP) is 3.65. The van der Waals surface area contributed by atoms with E-state index in [9.17, 15) is 13.6 Å². The van der Waals surface area contributed by atoms with E-state index in [1.54, 1.807) is 4.57 Å². The van der Waals surface area contributed by atoms with Crippen molar-refractivity contribution in [1.29, 1.82) is 5.41 Å². The smallest absolute Gasteiger partial charge is 0.182 e. The Morgan fingerprint density at radius 1 is 1.23 bits per heavy atom. The average Bonchev–Trinajstić information content (AvgIpc) is 2.78. The first-order valence-corrected chi connectivity index (χ1v) is 7.62. The van der Waals surface area contributed by atoms with Gasteiger partial charge in [-0.15, -0.1) is 28.3 Å². The number of carbonyl (C=O) groups excluding carboxylic acids is 1. The number of hydrogen-bond acceptors (Lipinski definition) is 3. The number of ketones is 1. The van der Waals surface area contributed by atoms with Gasteiger partial charge in [-0.25, -0.2) is 8.78 Å². The molecule has 0 fully saturated rings. The number of benzene rings is 1. The molecule has 118 valence electrons. The topological polar surface area (TPSA) is 45.9 Å². The van der Waals surface area contributed by atoms with Crippen LogP contribution in [-0.2, 0) is 19.4 Å². The highest BCUT2D eigenvalue weighted by Gasteiger charge is 2.19. The zero-order valence-electron chi connectivity index (χ0n) is 11.7.